The van der Waals surface area contributed by atoms with Crippen LogP contribution in [-0.2, 0) is 6.42 Å². The molecule has 0 aliphatic rings. The summed E-state index contributed by atoms with van der Waals surface area (Å²) < 4.78 is 18.0. The van der Waals surface area contributed by atoms with Gasteiger partial charge in [0.15, 0.2) is 0 Å². The van der Waals surface area contributed by atoms with Crippen molar-refractivity contribution in [3.63, 3.8) is 0 Å². The third-order valence-electron chi connectivity index (χ3n) is 3.79. The molecule has 5 nitrogen and oxygen atoms in total. The molecule has 2 rings (SSSR count). The molecule has 0 saturated carbocycles. The number of hydrogen-bond donors (Lipinski definition) is 2. The summed E-state index contributed by atoms with van der Waals surface area (Å²) in [6.07, 6.45) is 0.652. The molecule has 0 aliphatic heterocycles. The summed E-state index contributed by atoms with van der Waals surface area (Å²) in [6, 6.07) is 5.55. The number of urea groups is 1. The topological polar surface area (TPSA) is 67.2 Å². The van der Waals surface area contributed by atoms with Gasteiger partial charge in [-0.1, -0.05) is 17.3 Å². The number of halogens is 1. The highest BCUT2D eigenvalue weighted by Crippen LogP contribution is 2.15. The molecule has 1 heterocycles. The second-order valence-electron chi connectivity index (χ2n) is 5.80. The summed E-state index contributed by atoms with van der Waals surface area (Å²) in [6.45, 7) is 7.52. The van der Waals surface area contributed by atoms with Crippen LogP contribution in [-0.4, -0.2) is 17.2 Å². The number of benzene rings is 1. The molecule has 0 aliphatic carbocycles. The fourth-order valence-corrected chi connectivity index (χ4v) is 2.45. The molecule has 0 fully saturated rings. The monoisotopic (exact) mass is 319 g/mol. The fourth-order valence-electron chi connectivity index (χ4n) is 2.45. The van der Waals surface area contributed by atoms with Crippen molar-refractivity contribution in [3.8, 4) is 0 Å². The first-order valence-corrected chi connectivity index (χ1v) is 7.61. The molecule has 124 valence electrons. The van der Waals surface area contributed by atoms with E-state index in [2.05, 4.69) is 15.8 Å². The van der Waals surface area contributed by atoms with Gasteiger partial charge >= 0.3 is 6.03 Å². The van der Waals surface area contributed by atoms with Crippen molar-refractivity contribution in [2.45, 2.75) is 46.2 Å². The lowest BCUT2D eigenvalue weighted by molar-refractivity contribution is 0.234. The number of rotatable bonds is 5. The zero-order chi connectivity index (χ0) is 17.0. The van der Waals surface area contributed by atoms with E-state index >= 15 is 0 Å². The quantitative estimate of drug-likeness (QED) is 0.887. The van der Waals surface area contributed by atoms with Crippen molar-refractivity contribution in [3.05, 3.63) is 52.7 Å². The lowest BCUT2D eigenvalue weighted by Crippen LogP contribution is -2.42. The van der Waals surface area contributed by atoms with Crippen LogP contribution in [0.4, 0.5) is 9.18 Å². The molecule has 23 heavy (non-hydrogen) atoms. The molecule has 2 amide bonds. The Bertz CT molecular complexity index is 647. The molecule has 0 saturated heterocycles. The number of amides is 2. The van der Waals surface area contributed by atoms with Crippen LogP contribution in [0, 0.1) is 19.7 Å². The Morgan fingerprint density at radius 3 is 2.43 bits per heavy atom. The van der Waals surface area contributed by atoms with E-state index in [0.717, 1.165) is 22.6 Å². The lowest BCUT2D eigenvalue weighted by atomic mass is 10.1. The van der Waals surface area contributed by atoms with Crippen LogP contribution in [0.15, 0.2) is 28.8 Å². The molecular formula is C17H22FN3O2. The highest BCUT2D eigenvalue weighted by atomic mass is 19.1. The summed E-state index contributed by atoms with van der Waals surface area (Å²) in [5, 5.41) is 9.64. The van der Waals surface area contributed by atoms with Crippen LogP contribution in [0.3, 0.4) is 0 Å². The Morgan fingerprint density at radius 2 is 1.87 bits per heavy atom. The van der Waals surface area contributed by atoms with E-state index in [0.29, 0.717) is 6.42 Å². The molecule has 1 aromatic heterocycles. The second-order valence-corrected chi connectivity index (χ2v) is 5.80. The number of carbonyl (C=O) groups excluding carboxylic acids is 1. The van der Waals surface area contributed by atoms with Gasteiger partial charge in [0.1, 0.15) is 11.6 Å². The number of nitrogens with zero attached hydrogens (tertiary/aromatic N) is 1. The van der Waals surface area contributed by atoms with Gasteiger partial charge in [-0.3, -0.25) is 0 Å². The predicted molar refractivity (Wildman–Crippen MR) is 85.6 cm³/mol. The Kier molecular flexibility index (Phi) is 5.36. The zero-order valence-corrected chi connectivity index (χ0v) is 13.8. The van der Waals surface area contributed by atoms with Crippen molar-refractivity contribution in [1.82, 2.24) is 15.8 Å². The summed E-state index contributed by atoms with van der Waals surface area (Å²) in [5.41, 5.74) is 2.71. The molecule has 0 unspecified atom stereocenters. The Hall–Kier alpha value is -2.37. The zero-order valence-electron chi connectivity index (χ0n) is 13.8. The minimum absolute atomic E-state index is 0.0628. The maximum Gasteiger partial charge on any atom is 0.315 e. The molecule has 0 spiro atoms. The Labute approximate surface area is 135 Å². The van der Waals surface area contributed by atoms with Gasteiger partial charge in [-0.05, 0) is 51.8 Å². The Balaban J connectivity index is 1.87. The number of aromatic nitrogens is 1. The lowest BCUT2D eigenvalue weighted by Gasteiger charge is -2.18. The van der Waals surface area contributed by atoms with Gasteiger partial charge in [0, 0.05) is 11.6 Å². The first-order chi connectivity index (χ1) is 10.9. The Morgan fingerprint density at radius 1 is 1.22 bits per heavy atom. The summed E-state index contributed by atoms with van der Waals surface area (Å²) in [7, 11) is 0. The van der Waals surface area contributed by atoms with Gasteiger partial charge < -0.3 is 15.2 Å². The number of hydrogen-bond acceptors (Lipinski definition) is 3. The minimum atomic E-state index is -0.293. The molecule has 2 N–H and O–H groups in total. The molecule has 2 atom stereocenters. The number of nitrogens with one attached hydrogen (secondary N) is 2. The predicted octanol–water partition coefficient (Wildman–Crippen LogP) is 3.42. The molecule has 1 aromatic carbocycles. The van der Waals surface area contributed by atoms with Gasteiger partial charge in [0.2, 0.25) is 0 Å². The first kappa shape index (κ1) is 17.0. The van der Waals surface area contributed by atoms with Gasteiger partial charge in [0.25, 0.3) is 0 Å². The van der Waals surface area contributed by atoms with E-state index in [-0.39, 0.29) is 23.9 Å². The van der Waals surface area contributed by atoms with E-state index in [1.807, 2.05) is 27.7 Å². The fraction of sp³-hybridized carbons (Fsp3) is 0.412. The molecule has 0 bridgehead atoms. The first-order valence-electron chi connectivity index (χ1n) is 7.61. The van der Waals surface area contributed by atoms with Crippen molar-refractivity contribution >= 4 is 6.03 Å². The smallest absolute Gasteiger partial charge is 0.315 e. The van der Waals surface area contributed by atoms with Gasteiger partial charge in [-0.25, -0.2) is 9.18 Å². The van der Waals surface area contributed by atoms with E-state index in [1.165, 1.54) is 12.1 Å². The standard InChI is InChI=1S/C17H22FN3O2/c1-10(9-16-12(3)21-23-13(16)4)19-17(22)20-11(2)14-5-7-15(18)8-6-14/h5-8,10-11H,9H2,1-4H3,(H2,19,20,22)/t10-,11-/m0/s1. The minimum Gasteiger partial charge on any atom is -0.361 e. The van der Waals surface area contributed by atoms with E-state index < -0.39 is 0 Å². The normalized spacial score (nSPS) is 13.4. The second kappa shape index (κ2) is 7.26. The van der Waals surface area contributed by atoms with Crippen LogP contribution in [0.1, 0.15) is 42.5 Å². The average Bonchev–Trinajstić information content (AvgIpc) is 2.79. The van der Waals surface area contributed by atoms with Gasteiger partial charge in [-0.2, -0.15) is 0 Å². The highest BCUT2D eigenvalue weighted by Gasteiger charge is 2.16. The highest BCUT2D eigenvalue weighted by molar-refractivity contribution is 5.74. The van der Waals surface area contributed by atoms with E-state index in [9.17, 15) is 9.18 Å². The van der Waals surface area contributed by atoms with E-state index in [1.54, 1.807) is 12.1 Å². The van der Waals surface area contributed by atoms with E-state index in [4.69, 9.17) is 4.52 Å². The molecule has 2 aromatic rings. The van der Waals surface area contributed by atoms with Crippen LogP contribution < -0.4 is 10.6 Å². The van der Waals surface area contributed by atoms with Crippen molar-refractivity contribution in [2.75, 3.05) is 0 Å². The maximum absolute atomic E-state index is 12.9. The van der Waals surface area contributed by atoms with Crippen LogP contribution >= 0.6 is 0 Å². The maximum atomic E-state index is 12.9. The van der Waals surface area contributed by atoms with Gasteiger partial charge in [-0.15, -0.1) is 0 Å². The molecule has 0 radical (unpaired) electrons. The van der Waals surface area contributed by atoms with Crippen molar-refractivity contribution in [1.29, 1.82) is 0 Å². The number of carbonyl (C=O) groups is 1. The average molecular weight is 319 g/mol. The van der Waals surface area contributed by atoms with Crippen molar-refractivity contribution < 1.29 is 13.7 Å². The summed E-state index contributed by atoms with van der Waals surface area (Å²) >= 11 is 0. The third kappa shape index (κ3) is 4.55. The van der Waals surface area contributed by atoms with Crippen LogP contribution in [0.2, 0.25) is 0 Å². The summed E-state index contributed by atoms with van der Waals surface area (Å²) in [5.74, 6) is 0.481. The summed E-state index contributed by atoms with van der Waals surface area (Å²) in [4.78, 5) is 12.1. The SMILES string of the molecule is Cc1noc(C)c1C[C@H](C)NC(=O)N[C@@H](C)c1ccc(F)cc1. The number of aryl methyl sites for hydroxylation is 2. The van der Waals surface area contributed by atoms with Crippen LogP contribution in [0.5, 0.6) is 0 Å². The largest absolute Gasteiger partial charge is 0.361 e. The van der Waals surface area contributed by atoms with Crippen molar-refractivity contribution in [2.24, 2.45) is 0 Å². The molecule has 6 heteroatoms. The van der Waals surface area contributed by atoms with Crippen LogP contribution in [0.25, 0.3) is 0 Å². The molecular weight excluding hydrogens is 297 g/mol. The van der Waals surface area contributed by atoms with Gasteiger partial charge in [0.05, 0.1) is 11.7 Å². The third-order valence-corrected chi connectivity index (χ3v) is 3.79.